The van der Waals surface area contributed by atoms with Gasteiger partial charge in [0.05, 0.1) is 20.8 Å². The van der Waals surface area contributed by atoms with Crippen LogP contribution in [0.25, 0.3) is 0 Å². The smallest absolute Gasteiger partial charge is 0.244 e. The van der Waals surface area contributed by atoms with Gasteiger partial charge in [0, 0.05) is 4.90 Å². The Hall–Kier alpha value is -0.130. The number of amides is 1. The Kier molecular flexibility index (Phi) is 5.02. The minimum Gasteiger partial charge on any atom is -0.294 e. The summed E-state index contributed by atoms with van der Waals surface area (Å²) in [7, 11) is 0. The van der Waals surface area contributed by atoms with Crippen LogP contribution < -0.4 is 11.3 Å². The summed E-state index contributed by atoms with van der Waals surface area (Å²) in [6, 6.07) is 3.15. The van der Waals surface area contributed by atoms with E-state index in [1.807, 2.05) is 5.43 Å². The molecule has 7 heteroatoms. The number of nitrogens with two attached hydrogens (primary N) is 1. The number of halogens is 3. The minimum absolute atomic E-state index is 0.175. The quantitative estimate of drug-likeness (QED) is 0.295. The highest BCUT2D eigenvalue weighted by atomic mass is 35.5. The van der Waals surface area contributed by atoms with E-state index in [0.29, 0.717) is 20.0 Å². The first-order valence-corrected chi connectivity index (χ1v) is 5.93. The second-order valence-corrected chi connectivity index (χ2v) is 4.79. The van der Waals surface area contributed by atoms with Crippen molar-refractivity contribution in [2.24, 2.45) is 5.84 Å². The summed E-state index contributed by atoms with van der Waals surface area (Å²) in [6.07, 6.45) is 0. The van der Waals surface area contributed by atoms with E-state index < -0.39 is 0 Å². The molecule has 0 heterocycles. The van der Waals surface area contributed by atoms with Crippen LogP contribution in [0.4, 0.5) is 0 Å². The van der Waals surface area contributed by atoms with Crippen LogP contribution in [0.2, 0.25) is 15.1 Å². The number of rotatable bonds is 3. The number of hydrogen-bond donors (Lipinski definition) is 2. The molecular formula is C8H7Cl3N2OS. The largest absolute Gasteiger partial charge is 0.294 e. The Labute approximate surface area is 106 Å². The molecule has 15 heavy (non-hydrogen) atoms. The molecule has 82 valence electrons. The van der Waals surface area contributed by atoms with E-state index in [1.165, 1.54) is 17.8 Å². The summed E-state index contributed by atoms with van der Waals surface area (Å²) in [5, 5.41) is 1.24. The van der Waals surface area contributed by atoms with E-state index in [2.05, 4.69) is 0 Å². The van der Waals surface area contributed by atoms with Crippen LogP contribution in [0.1, 0.15) is 0 Å². The van der Waals surface area contributed by atoms with Crippen molar-refractivity contribution in [2.45, 2.75) is 4.90 Å². The molecule has 0 spiro atoms. The van der Waals surface area contributed by atoms with Crippen LogP contribution in [0.15, 0.2) is 17.0 Å². The van der Waals surface area contributed by atoms with Gasteiger partial charge in [0.15, 0.2) is 0 Å². The van der Waals surface area contributed by atoms with E-state index in [4.69, 9.17) is 40.6 Å². The minimum atomic E-state index is -0.290. The number of nitrogens with one attached hydrogen (secondary N) is 1. The SMILES string of the molecule is NNC(=O)CSc1cc(Cl)c(Cl)cc1Cl. The standard InChI is InChI=1S/C8H7Cl3N2OS/c9-4-1-6(11)7(2-5(4)10)15-3-8(14)13-12/h1-2H,3,12H2,(H,13,14). The molecule has 0 aliphatic rings. The van der Waals surface area contributed by atoms with Crippen molar-refractivity contribution in [3.05, 3.63) is 27.2 Å². The molecule has 0 radical (unpaired) electrons. The van der Waals surface area contributed by atoms with E-state index in [1.54, 1.807) is 6.07 Å². The molecular weight excluding hydrogens is 279 g/mol. The van der Waals surface area contributed by atoms with Crippen molar-refractivity contribution in [3.8, 4) is 0 Å². The lowest BCUT2D eigenvalue weighted by molar-refractivity contribution is -0.118. The van der Waals surface area contributed by atoms with Crippen LogP contribution in [-0.4, -0.2) is 11.7 Å². The molecule has 3 nitrogen and oxygen atoms in total. The van der Waals surface area contributed by atoms with Crippen molar-refractivity contribution in [1.82, 2.24) is 5.43 Å². The monoisotopic (exact) mass is 284 g/mol. The van der Waals surface area contributed by atoms with Gasteiger partial charge in [-0.15, -0.1) is 11.8 Å². The Bertz CT molecular complexity index is 386. The Morgan fingerprint density at radius 2 is 1.87 bits per heavy atom. The third kappa shape index (κ3) is 3.74. The summed E-state index contributed by atoms with van der Waals surface area (Å²) in [6.45, 7) is 0. The Balaban J connectivity index is 2.77. The molecule has 0 bridgehead atoms. The van der Waals surface area contributed by atoms with Crippen LogP contribution in [0.3, 0.4) is 0 Å². The average molecular weight is 286 g/mol. The van der Waals surface area contributed by atoms with Gasteiger partial charge in [-0.1, -0.05) is 34.8 Å². The number of benzene rings is 1. The van der Waals surface area contributed by atoms with Crippen molar-refractivity contribution >= 4 is 52.5 Å². The maximum atomic E-state index is 10.9. The van der Waals surface area contributed by atoms with Gasteiger partial charge in [-0.25, -0.2) is 5.84 Å². The number of thioether (sulfide) groups is 1. The molecule has 0 unspecified atom stereocenters. The van der Waals surface area contributed by atoms with Crippen molar-refractivity contribution in [3.63, 3.8) is 0 Å². The maximum absolute atomic E-state index is 10.9. The first kappa shape index (κ1) is 12.9. The lowest BCUT2D eigenvalue weighted by atomic mass is 10.4. The first-order valence-electron chi connectivity index (χ1n) is 3.81. The molecule has 1 aromatic carbocycles. The highest BCUT2D eigenvalue weighted by molar-refractivity contribution is 8.00. The van der Waals surface area contributed by atoms with Gasteiger partial charge in [0.1, 0.15) is 0 Å². The maximum Gasteiger partial charge on any atom is 0.244 e. The lowest BCUT2D eigenvalue weighted by Crippen LogP contribution is -2.31. The van der Waals surface area contributed by atoms with Gasteiger partial charge in [-0.2, -0.15) is 0 Å². The van der Waals surface area contributed by atoms with Gasteiger partial charge in [-0.05, 0) is 12.1 Å². The van der Waals surface area contributed by atoms with Crippen molar-refractivity contribution in [2.75, 3.05) is 5.75 Å². The predicted molar refractivity (Wildman–Crippen MR) is 64.5 cm³/mol. The summed E-state index contributed by atoms with van der Waals surface area (Å²) in [4.78, 5) is 11.6. The molecule has 0 saturated carbocycles. The molecule has 0 fully saturated rings. The molecule has 3 N–H and O–H groups in total. The van der Waals surface area contributed by atoms with Gasteiger partial charge in [0.2, 0.25) is 5.91 Å². The molecule has 0 saturated heterocycles. The zero-order valence-electron chi connectivity index (χ0n) is 7.39. The molecule has 0 aliphatic carbocycles. The van der Waals surface area contributed by atoms with E-state index in [-0.39, 0.29) is 11.7 Å². The molecule has 0 aromatic heterocycles. The topological polar surface area (TPSA) is 55.1 Å². The van der Waals surface area contributed by atoms with Crippen molar-refractivity contribution < 1.29 is 4.79 Å². The predicted octanol–water partition coefficient (Wildman–Crippen LogP) is 2.73. The van der Waals surface area contributed by atoms with E-state index in [0.717, 1.165) is 0 Å². The number of hydrogen-bond acceptors (Lipinski definition) is 3. The van der Waals surface area contributed by atoms with Crippen molar-refractivity contribution in [1.29, 1.82) is 0 Å². The van der Waals surface area contributed by atoms with Crippen LogP contribution in [0, 0.1) is 0 Å². The highest BCUT2D eigenvalue weighted by Crippen LogP contribution is 2.34. The number of carbonyl (C=O) groups is 1. The Morgan fingerprint density at radius 1 is 1.27 bits per heavy atom. The molecule has 0 atom stereocenters. The van der Waals surface area contributed by atoms with Gasteiger partial charge < -0.3 is 0 Å². The van der Waals surface area contributed by atoms with Gasteiger partial charge in [-0.3, -0.25) is 10.2 Å². The second kappa shape index (κ2) is 5.82. The average Bonchev–Trinajstić information content (AvgIpc) is 2.21. The third-order valence-electron chi connectivity index (χ3n) is 1.49. The summed E-state index contributed by atoms with van der Waals surface area (Å²) in [5.74, 6) is 4.82. The zero-order chi connectivity index (χ0) is 11.4. The number of hydrazine groups is 1. The van der Waals surface area contributed by atoms with Crippen LogP contribution in [0.5, 0.6) is 0 Å². The molecule has 1 amide bonds. The zero-order valence-corrected chi connectivity index (χ0v) is 10.5. The van der Waals surface area contributed by atoms with Gasteiger partial charge in [0.25, 0.3) is 0 Å². The number of carbonyl (C=O) groups excluding carboxylic acids is 1. The lowest BCUT2D eigenvalue weighted by Gasteiger charge is -2.05. The normalized spacial score (nSPS) is 10.1. The second-order valence-electron chi connectivity index (χ2n) is 2.55. The fraction of sp³-hybridized carbons (Fsp3) is 0.125. The summed E-state index contributed by atoms with van der Waals surface area (Å²) in [5.41, 5.74) is 2.02. The highest BCUT2D eigenvalue weighted by Gasteiger charge is 2.08. The summed E-state index contributed by atoms with van der Waals surface area (Å²) < 4.78 is 0. The molecule has 0 aliphatic heterocycles. The van der Waals surface area contributed by atoms with Gasteiger partial charge >= 0.3 is 0 Å². The van der Waals surface area contributed by atoms with Crippen LogP contribution in [-0.2, 0) is 4.79 Å². The van der Waals surface area contributed by atoms with E-state index in [9.17, 15) is 4.79 Å². The van der Waals surface area contributed by atoms with E-state index >= 15 is 0 Å². The molecule has 1 aromatic rings. The third-order valence-corrected chi connectivity index (χ3v) is 3.70. The van der Waals surface area contributed by atoms with Crippen LogP contribution >= 0.6 is 46.6 Å². The summed E-state index contributed by atoms with van der Waals surface area (Å²) >= 11 is 18.7. The fourth-order valence-corrected chi connectivity index (χ4v) is 2.34. The Morgan fingerprint density at radius 3 is 2.47 bits per heavy atom. The molecule has 1 rings (SSSR count). The first-order chi connectivity index (χ1) is 7.04. The fourth-order valence-electron chi connectivity index (χ4n) is 0.800.